The summed E-state index contributed by atoms with van der Waals surface area (Å²) in [7, 11) is -7.42. The van der Waals surface area contributed by atoms with Crippen LogP contribution in [0.4, 0.5) is 0 Å². The van der Waals surface area contributed by atoms with E-state index in [9.17, 15) is 26.4 Å². The molecule has 4 aromatic carbocycles. The van der Waals surface area contributed by atoms with Crippen LogP contribution in [-0.4, -0.2) is 47.3 Å². The van der Waals surface area contributed by atoms with E-state index in [2.05, 4.69) is 25.9 Å². The normalized spacial score (nSPS) is 11.3. The molecule has 0 N–H and O–H groups in total. The van der Waals surface area contributed by atoms with Crippen LogP contribution in [0.2, 0.25) is 0 Å². The van der Waals surface area contributed by atoms with E-state index in [-0.39, 0.29) is 9.79 Å². The van der Waals surface area contributed by atoms with E-state index in [1.165, 1.54) is 19.7 Å². The zero-order valence-electron chi connectivity index (χ0n) is 30.4. The van der Waals surface area contributed by atoms with Crippen LogP contribution in [0.5, 0.6) is 0 Å². The van der Waals surface area contributed by atoms with Crippen LogP contribution >= 0.6 is 15.9 Å². The Kier molecular flexibility index (Phi) is 11.9. The topological polar surface area (TPSA) is 138 Å². The summed E-state index contributed by atoms with van der Waals surface area (Å²) in [5, 5.41) is 1.50. The zero-order chi connectivity index (χ0) is 40.0. The lowest BCUT2D eigenvalue weighted by Crippen LogP contribution is -2.12. The molecule has 282 valence electrons. The molecular formula is C43H35BrN4O6S2. The van der Waals surface area contributed by atoms with Crippen molar-refractivity contribution in [2.24, 2.45) is 0 Å². The molecule has 0 unspecified atom stereocenters. The highest BCUT2D eigenvalue weighted by atomic mass is 79.9. The van der Waals surface area contributed by atoms with Crippen molar-refractivity contribution in [3.63, 3.8) is 0 Å². The van der Waals surface area contributed by atoms with Crippen LogP contribution in [0.3, 0.4) is 0 Å². The van der Waals surface area contributed by atoms with Crippen LogP contribution in [0.25, 0.3) is 33.2 Å². The molecule has 0 radical (unpaired) electrons. The number of aromatic nitrogens is 4. The van der Waals surface area contributed by atoms with E-state index in [4.69, 9.17) is 0 Å². The lowest BCUT2D eigenvalue weighted by molar-refractivity contribution is 0.111. The molecule has 0 aliphatic rings. The summed E-state index contributed by atoms with van der Waals surface area (Å²) in [5.74, 6) is 0. The van der Waals surface area contributed by atoms with E-state index < -0.39 is 20.0 Å². The fourth-order valence-corrected chi connectivity index (χ4v) is 8.95. The Balaban J connectivity index is 0.000000160. The van der Waals surface area contributed by atoms with Crippen molar-refractivity contribution in [1.82, 2.24) is 17.9 Å². The van der Waals surface area contributed by atoms with E-state index in [1.54, 1.807) is 104 Å². The number of pyridine rings is 2. The van der Waals surface area contributed by atoms with Crippen molar-refractivity contribution in [2.45, 2.75) is 30.6 Å². The summed E-state index contributed by atoms with van der Waals surface area (Å²) < 4.78 is 54.8. The molecule has 8 rings (SSSR count). The summed E-state index contributed by atoms with van der Waals surface area (Å²) in [5.41, 5.74) is 6.82. The van der Waals surface area contributed by atoms with Crippen LogP contribution < -0.4 is 0 Å². The van der Waals surface area contributed by atoms with Gasteiger partial charge < -0.3 is 0 Å². The van der Waals surface area contributed by atoms with Crippen molar-refractivity contribution < 1.29 is 26.4 Å². The fourth-order valence-electron chi connectivity index (χ4n) is 5.65. The molecule has 0 amide bonds. The summed E-state index contributed by atoms with van der Waals surface area (Å²) in [6, 6.07) is 35.2. The number of hydrogen-bond acceptors (Lipinski definition) is 8. The minimum absolute atomic E-state index is 0.207. The number of carbonyl (C=O) groups is 2. The quantitative estimate of drug-likeness (QED) is 0.145. The van der Waals surface area contributed by atoms with Crippen molar-refractivity contribution in [3.05, 3.63) is 178 Å². The standard InChI is InChI=1S/C21H16N2O3S.C14H11BrN2O2S.C8H8O/c1-15-4-10-18(11-5-15)27(25,26)23-13-20(19-3-2-12-22-21(19)23)17-8-6-16(14-24)7-9-17;1-10-4-6-11(7-5-10)20(18,19)17-9-13(15)12-3-2-8-16-14(12)17;1-7-2-4-8(6-9)5-3-7/h2-14H,1H3;2-9H,1H3;2-6H,1H3. The number of aryl methyl sites for hydroxylation is 3. The molecule has 0 aliphatic heterocycles. The molecule has 8 aromatic rings. The van der Waals surface area contributed by atoms with Crippen molar-refractivity contribution >= 4 is 70.6 Å². The van der Waals surface area contributed by atoms with Gasteiger partial charge in [0.1, 0.15) is 12.6 Å². The highest BCUT2D eigenvalue weighted by molar-refractivity contribution is 9.10. The molecule has 0 bridgehead atoms. The third-order valence-corrected chi connectivity index (χ3v) is 12.7. The average Bonchev–Trinajstić information content (AvgIpc) is 3.78. The van der Waals surface area contributed by atoms with Gasteiger partial charge >= 0.3 is 0 Å². The van der Waals surface area contributed by atoms with Gasteiger partial charge in [-0.25, -0.2) is 34.7 Å². The third kappa shape index (κ3) is 8.45. The number of carbonyl (C=O) groups excluding carboxylic acids is 2. The first-order chi connectivity index (χ1) is 26.8. The molecule has 4 heterocycles. The van der Waals surface area contributed by atoms with Gasteiger partial charge in [-0.1, -0.05) is 89.5 Å². The van der Waals surface area contributed by atoms with Gasteiger partial charge in [-0.05, 0) is 90.8 Å². The van der Waals surface area contributed by atoms with E-state index >= 15 is 0 Å². The Bertz CT molecular complexity index is 2890. The number of hydrogen-bond donors (Lipinski definition) is 0. The molecule has 56 heavy (non-hydrogen) atoms. The predicted molar refractivity (Wildman–Crippen MR) is 222 cm³/mol. The summed E-state index contributed by atoms with van der Waals surface area (Å²) in [4.78, 5) is 29.9. The van der Waals surface area contributed by atoms with Gasteiger partial charge in [0, 0.05) is 56.7 Å². The monoisotopic (exact) mass is 846 g/mol. The second-order valence-corrected chi connectivity index (χ2v) is 17.2. The Morgan fingerprint density at radius 3 is 1.38 bits per heavy atom. The van der Waals surface area contributed by atoms with Gasteiger partial charge in [0.05, 0.1) is 9.79 Å². The Hall–Kier alpha value is -6.02. The highest BCUT2D eigenvalue weighted by Gasteiger charge is 2.23. The van der Waals surface area contributed by atoms with Gasteiger partial charge in [0.15, 0.2) is 11.3 Å². The van der Waals surface area contributed by atoms with Crippen LogP contribution in [0.15, 0.2) is 160 Å². The Morgan fingerprint density at radius 2 is 0.911 bits per heavy atom. The first-order valence-electron chi connectivity index (χ1n) is 17.1. The second kappa shape index (κ2) is 16.8. The van der Waals surface area contributed by atoms with Crippen LogP contribution in [0, 0.1) is 20.8 Å². The number of nitrogens with zero attached hydrogens (tertiary/aromatic N) is 4. The largest absolute Gasteiger partial charge is 0.298 e. The second-order valence-electron chi connectivity index (χ2n) is 12.8. The average molecular weight is 848 g/mol. The Labute approximate surface area is 333 Å². The zero-order valence-corrected chi connectivity index (χ0v) is 33.7. The molecular weight excluding hydrogens is 813 g/mol. The first-order valence-corrected chi connectivity index (χ1v) is 20.8. The van der Waals surface area contributed by atoms with Crippen molar-refractivity contribution in [3.8, 4) is 11.1 Å². The molecule has 13 heteroatoms. The lowest BCUT2D eigenvalue weighted by Gasteiger charge is -2.07. The summed E-state index contributed by atoms with van der Waals surface area (Å²) in [6.45, 7) is 5.82. The SMILES string of the molecule is Cc1ccc(C=O)cc1.Cc1ccc(S(=O)(=O)n2cc(-c3ccc(C=O)cc3)c3cccnc32)cc1.Cc1ccc(S(=O)(=O)n2cc(Br)c3cccnc32)cc1. The molecule has 0 spiro atoms. The summed E-state index contributed by atoms with van der Waals surface area (Å²) in [6.07, 6.45) is 7.89. The molecule has 4 aromatic heterocycles. The fraction of sp³-hybridized carbons (Fsp3) is 0.0698. The molecule has 0 saturated carbocycles. The Morgan fingerprint density at radius 1 is 0.518 bits per heavy atom. The number of halogens is 1. The first kappa shape index (κ1) is 39.7. The highest BCUT2D eigenvalue weighted by Crippen LogP contribution is 2.32. The lowest BCUT2D eigenvalue weighted by atomic mass is 10.0. The molecule has 0 atom stereocenters. The molecule has 0 aliphatic carbocycles. The van der Waals surface area contributed by atoms with Crippen LogP contribution in [0.1, 0.15) is 37.4 Å². The van der Waals surface area contributed by atoms with Gasteiger partial charge in [0.25, 0.3) is 20.0 Å². The van der Waals surface area contributed by atoms with E-state index in [0.717, 1.165) is 51.2 Å². The smallest absolute Gasteiger partial charge is 0.269 e. The van der Waals surface area contributed by atoms with Gasteiger partial charge in [-0.15, -0.1) is 0 Å². The maximum atomic E-state index is 13.2. The number of rotatable bonds is 7. The molecule has 0 fully saturated rings. The van der Waals surface area contributed by atoms with Crippen molar-refractivity contribution in [2.75, 3.05) is 0 Å². The number of aldehydes is 2. The van der Waals surface area contributed by atoms with Gasteiger partial charge in [-0.3, -0.25) is 9.59 Å². The predicted octanol–water partition coefficient (Wildman–Crippen LogP) is 9.21. The third-order valence-electron chi connectivity index (χ3n) is 8.74. The minimum Gasteiger partial charge on any atom is -0.298 e. The van der Waals surface area contributed by atoms with Crippen LogP contribution in [-0.2, 0) is 20.0 Å². The number of fused-ring (bicyclic) bond motifs is 2. The van der Waals surface area contributed by atoms with Crippen molar-refractivity contribution in [1.29, 1.82) is 0 Å². The maximum Gasteiger partial charge on any atom is 0.269 e. The summed E-state index contributed by atoms with van der Waals surface area (Å²) >= 11 is 3.37. The van der Waals surface area contributed by atoms with E-state index in [1.807, 2.05) is 57.2 Å². The number of benzene rings is 4. The maximum absolute atomic E-state index is 13.2. The van der Waals surface area contributed by atoms with Gasteiger partial charge in [-0.2, -0.15) is 0 Å². The molecule has 10 nitrogen and oxygen atoms in total. The minimum atomic E-state index is -3.78. The molecule has 0 saturated heterocycles. The van der Waals surface area contributed by atoms with Gasteiger partial charge in [0.2, 0.25) is 0 Å². The van der Waals surface area contributed by atoms with E-state index in [0.29, 0.717) is 21.3 Å².